The van der Waals surface area contributed by atoms with Crippen LogP contribution in [0.15, 0.2) is 33.8 Å². The van der Waals surface area contributed by atoms with Gasteiger partial charge in [0.1, 0.15) is 5.71 Å². The molecule has 1 aliphatic rings. The zero-order valence-corrected chi connectivity index (χ0v) is 11.1. The lowest BCUT2D eigenvalue weighted by atomic mass is 10.1. The minimum absolute atomic E-state index is 0.0340. The van der Waals surface area contributed by atoms with Crippen LogP contribution in [-0.2, 0) is 16.1 Å². The molecule has 2 rings (SSSR count). The SMILES string of the molecule is O=C(O)C1=NN(Cc2ccc(Br)cc2)C(=O)CC1. The van der Waals surface area contributed by atoms with Crippen LogP contribution in [0.5, 0.6) is 0 Å². The van der Waals surface area contributed by atoms with Gasteiger partial charge in [0.25, 0.3) is 0 Å². The summed E-state index contributed by atoms with van der Waals surface area (Å²) in [6.07, 6.45) is 0.396. The third-order valence-electron chi connectivity index (χ3n) is 2.60. The first-order chi connectivity index (χ1) is 8.56. The highest BCUT2D eigenvalue weighted by Gasteiger charge is 2.23. The van der Waals surface area contributed by atoms with Crippen LogP contribution < -0.4 is 0 Å². The minimum Gasteiger partial charge on any atom is -0.477 e. The van der Waals surface area contributed by atoms with E-state index in [9.17, 15) is 9.59 Å². The molecule has 0 atom stereocenters. The summed E-state index contributed by atoms with van der Waals surface area (Å²) in [5, 5.41) is 14.0. The van der Waals surface area contributed by atoms with E-state index in [2.05, 4.69) is 21.0 Å². The van der Waals surface area contributed by atoms with Crippen molar-refractivity contribution in [2.45, 2.75) is 19.4 Å². The summed E-state index contributed by atoms with van der Waals surface area (Å²) in [6.45, 7) is 0.295. The van der Waals surface area contributed by atoms with E-state index in [-0.39, 0.29) is 24.5 Å². The number of hydrogen-bond acceptors (Lipinski definition) is 3. The summed E-state index contributed by atoms with van der Waals surface area (Å²) in [7, 11) is 0. The van der Waals surface area contributed by atoms with E-state index >= 15 is 0 Å². The first-order valence-corrected chi connectivity index (χ1v) is 6.21. The maximum atomic E-state index is 11.7. The Bertz CT molecular complexity index is 511. The fourth-order valence-electron chi connectivity index (χ4n) is 1.64. The molecule has 94 valence electrons. The molecule has 1 amide bonds. The van der Waals surface area contributed by atoms with Crippen molar-refractivity contribution in [1.29, 1.82) is 0 Å². The average molecular weight is 311 g/mol. The van der Waals surface area contributed by atoms with Crippen molar-refractivity contribution in [1.82, 2.24) is 5.01 Å². The second kappa shape index (κ2) is 5.30. The molecule has 5 nitrogen and oxygen atoms in total. The van der Waals surface area contributed by atoms with Crippen molar-refractivity contribution < 1.29 is 14.7 Å². The van der Waals surface area contributed by atoms with Crippen LogP contribution in [0.1, 0.15) is 18.4 Å². The number of carboxylic acid groups (broad SMARTS) is 1. The molecule has 1 N–H and O–H groups in total. The number of hydrazone groups is 1. The predicted molar refractivity (Wildman–Crippen MR) is 69.0 cm³/mol. The second-order valence-electron chi connectivity index (χ2n) is 3.93. The molecule has 6 heteroatoms. The number of nitrogens with zero attached hydrogens (tertiary/aromatic N) is 2. The van der Waals surface area contributed by atoms with Gasteiger partial charge in [-0.05, 0) is 17.7 Å². The molecule has 0 aromatic heterocycles. The van der Waals surface area contributed by atoms with Crippen molar-refractivity contribution in [3.05, 3.63) is 34.3 Å². The van der Waals surface area contributed by atoms with Gasteiger partial charge >= 0.3 is 5.97 Å². The average Bonchev–Trinajstić information content (AvgIpc) is 2.34. The molecule has 0 fully saturated rings. The lowest BCUT2D eigenvalue weighted by Crippen LogP contribution is -2.33. The molecular weight excluding hydrogens is 300 g/mol. The Labute approximate surface area is 112 Å². The van der Waals surface area contributed by atoms with E-state index in [1.54, 1.807) is 0 Å². The smallest absolute Gasteiger partial charge is 0.352 e. The molecule has 0 saturated heterocycles. The Morgan fingerprint density at radius 3 is 2.61 bits per heavy atom. The number of carboxylic acids is 1. The third kappa shape index (κ3) is 2.95. The van der Waals surface area contributed by atoms with Crippen LogP contribution in [-0.4, -0.2) is 27.7 Å². The lowest BCUT2D eigenvalue weighted by molar-refractivity contribution is -0.133. The van der Waals surface area contributed by atoms with Crippen molar-refractivity contribution >= 4 is 33.5 Å². The molecule has 0 aliphatic carbocycles. The van der Waals surface area contributed by atoms with Crippen LogP contribution in [0.2, 0.25) is 0 Å². The Kier molecular flexibility index (Phi) is 3.76. The molecule has 18 heavy (non-hydrogen) atoms. The van der Waals surface area contributed by atoms with Gasteiger partial charge in [0, 0.05) is 17.3 Å². The summed E-state index contributed by atoms with van der Waals surface area (Å²) < 4.78 is 0.950. The molecular formula is C12H11BrN2O3. The standard InChI is InChI=1S/C12H11BrN2O3/c13-9-3-1-8(2-4-9)7-15-11(16)6-5-10(14-15)12(17)18/h1-4H,5-7H2,(H,17,18). The third-order valence-corrected chi connectivity index (χ3v) is 3.13. The first-order valence-electron chi connectivity index (χ1n) is 5.42. The van der Waals surface area contributed by atoms with Crippen LogP contribution in [0.3, 0.4) is 0 Å². The highest BCUT2D eigenvalue weighted by atomic mass is 79.9. The monoisotopic (exact) mass is 310 g/mol. The van der Waals surface area contributed by atoms with Gasteiger partial charge in [-0.1, -0.05) is 28.1 Å². The number of carbonyl (C=O) groups is 2. The second-order valence-corrected chi connectivity index (χ2v) is 4.85. The predicted octanol–water partition coefficient (Wildman–Crippen LogP) is 2.01. The summed E-state index contributed by atoms with van der Waals surface area (Å²) >= 11 is 3.33. The first kappa shape index (κ1) is 12.8. The Hall–Kier alpha value is -1.69. The molecule has 0 spiro atoms. The topological polar surface area (TPSA) is 70.0 Å². The van der Waals surface area contributed by atoms with Crippen molar-refractivity contribution in [3.63, 3.8) is 0 Å². The van der Waals surface area contributed by atoms with E-state index < -0.39 is 5.97 Å². The maximum Gasteiger partial charge on any atom is 0.352 e. The van der Waals surface area contributed by atoms with Crippen molar-refractivity contribution in [2.75, 3.05) is 0 Å². The van der Waals surface area contributed by atoms with Crippen molar-refractivity contribution in [2.24, 2.45) is 5.10 Å². The Balaban J connectivity index is 2.16. The number of carbonyl (C=O) groups excluding carboxylic acids is 1. The fraction of sp³-hybridized carbons (Fsp3) is 0.250. The maximum absolute atomic E-state index is 11.7. The molecule has 0 unspecified atom stereocenters. The van der Waals surface area contributed by atoms with Gasteiger partial charge < -0.3 is 5.11 Å². The summed E-state index contributed by atoms with van der Waals surface area (Å²) in [4.78, 5) is 22.5. The normalized spacial score (nSPS) is 15.5. The Morgan fingerprint density at radius 2 is 2.00 bits per heavy atom. The summed E-state index contributed by atoms with van der Waals surface area (Å²) in [5.41, 5.74) is 0.939. The van der Waals surface area contributed by atoms with E-state index in [1.165, 1.54) is 5.01 Å². The highest BCUT2D eigenvalue weighted by molar-refractivity contribution is 9.10. The minimum atomic E-state index is -1.07. The number of aliphatic carboxylic acids is 1. The van der Waals surface area contributed by atoms with Gasteiger partial charge in [-0.2, -0.15) is 5.10 Å². The number of hydrogen-bond donors (Lipinski definition) is 1. The molecule has 0 saturated carbocycles. The van der Waals surface area contributed by atoms with Crippen LogP contribution >= 0.6 is 15.9 Å². The highest BCUT2D eigenvalue weighted by Crippen LogP contribution is 2.16. The van der Waals surface area contributed by atoms with Gasteiger partial charge in [-0.25, -0.2) is 9.80 Å². The van der Waals surface area contributed by atoms with E-state index in [0.29, 0.717) is 6.54 Å². The molecule has 1 aliphatic heterocycles. The van der Waals surface area contributed by atoms with Gasteiger partial charge in [0.2, 0.25) is 5.91 Å². The summed E-state index contributed by atoms with van der Waals surface area (Å²) in [6, 6.07) is 7.46. The Morgan fingerprint density at radius 1 is 1.33 bits per heavy atom. The molecule has 1 aromatic carbocycles. The fourth-order valence-corrected chi connectivity index (χ4v) is 1.91. The number of rotatable bonds is 3. The largest absolute Gasteiger partial charge is 0.477 e. The van der Waals surface area contributed by atoms with E-state index in [0.717, 1.165) is 10.0 Å². The van der Waals surface area contributed by atoms with Crippen LogP contribution in [0.4, 0.5) is 0 Å². The quantitative estimate of drug-likeness (QED) is 0.928. The molecule has 1 aromatic rings. The lowest BCUT2D eigenvalue weighted by Gasteiger charge is -2.22. The number of benzene rings is 1. The van der Waals surface area contributed by atoms with E-state index in [1.807, 2.05) is 24.3 Å². The van der Waals surface area contributed by atoms with Crippen LogP contribution in [0, 0.1) is 0 Å². The van der Waals surface area contributed by atoms with Crippen molar-refractivity contribution in [3.8, 4) is 0 Å². The zero-order valence-electron chi connectivity index (χ0n) is 9.47. The van der Waals surface area contributed by atoms with Gasteiger partial charge in [-0.3, -0.25) is 4.79 Å². The summed E-state index contributed by atoms with van der Waals surface area (Å²) in [5.74, 6) is -1.22. The number of halogens is 1. The number of amides is 1. The van der Waals surface area contributed by atoms with Gasteiger partial charge in [0.15, 0.2) is 0 Å². The molecule has 0 radical (unpaired) electrons. The van der Waals surface area contributed by atoms with E-state index in [4.69, 9.17) is 5.11 Å². The zero-order chi connectivity index (χ0) is 13.1. The molecule has 1 heterocycles. The van der Waals surface area contributed by atoms with Gasteiger partial charge in [0.05, 0.1) is 6.54 Å². The van der Waals surface area contributed by atoms with Crippen LogP contribution in [0.25, 0.3) is 0 Å². The molecule has 0 bridgehead atoms. The van der Waals surface area contributed by atoms with Gasteiger partial charge in [-0.15, -0.1) is 0 Å².